The Morgan fingerprint density at radius 3 is 2.90 bits per heavy atom. The first-order chi connectivity index (χ1) is 14.9. The Bertz CT molecular complexity index is 1320. The van der Waals surface area contributed by atoms with Crippen LogP contribution in [-0.2, 0) is 0 Å². The summed E-state index contributed by atoms with van der Waals surface area (Å²) in [6, 6.07) is 5.95. The van der Waals surface area contributed by atoms with Crippen molar-refractivity contribution in [2.75, 3.05) is 23.3 Å². The molecule has 2 aliphatic rings. The number of halogens is 2. The lowest BCUT2D eigenvalue weighted by Crippen LogP contribution is -2.57. The molecule has 1 aliphatic heterocycles. The molecular weight excluding hydrogens is 417 g/mol. The number of H-pyrrole nitrogens is 1. The van der Waals surface area contributed by atoms with E-state index in [1.807, 2.05) is 13.0 Å². The Balaban J connectivity index is 1.34. The van der Waals surface area contributed by atoms with Crippen LogP contribution in [0.1, 0.15) is 25.5 Å². The lowest BCUT2D eigenvalue weighted by atomic mass is 10.1. The topological polar surface area (TPSA) is 73.3 Å². The van der Waals surface area contributed by atoms with E-state index in [9.17, 15) is 4.39 Å². The van der Waals surface area contributed by atoms with E-state index in [1.165, 1.54) is 18.9 Å². The Labute approximate surface area is 183 Å². The molecule has 4 heterocycles. The van der Waals surface area contributed by atoms with Crippen LogP contribution in [0.25, 0.3) is 16.6 Å². The molecule has 160 valence electrons. The minimum atomic E-state index is -0.395. The van der Waals surface area contributed by atoms with Crippen LogP contribution in [0.4, 0.5) is 21.6 Å². The van der Waals surface area contributed by atoms with Gasteiger partial charge in [0.2, 0.25) is 0 Å². The van der Waals surface area contributed by atoms with E-state index in [4.69, 9.17) is 11.6 Å². The van der Waals surface area contributed by atoms with Crippen molar-refractivity contribution < 1.29 is 4.39 Å². The first kappa shape index (κ1) is 18.9. The molecule has 31 heavy (non-hydrogen) atoms. The average molecular weight is 440 g/mol. The smallest absolute Gasteiger partial charge is 0.173 e. The van der Waals surface area contributed by atoms with E-state index < -0.39 is 5.82 Å². The number of piperazine rings is 1. The van der Waals surface area contributed by atoms with Crippen molar-refractivity contribution in [3.63, 3.8) is 0 Å². The molecule has 1 saturated heterocycles. The van der Waals surface area contributed by atoms with Gasteiger partial charge in [0, 0.05) is 48.8 Å². The van der Waals surface area contributed by atoms with E-state index in [1.54, 1.807) is 16.8 Å². The summed E-state index contributed by atoms with van der Waals surface area (Å²) >= 11 is 6.72. The predicted molar refractivity (Wildman–Crippen MR) is 121 cm³/mol. The van der Waals surface area contributed by atoms with Crippen molar-refractivity contribution in [1.82, 2.24) is 24.9 Å². The van der Waals surface area contributed by atoms with Gasteiger partial charge in [-0.15, -0.1) is 0 Å². The number of rotatable bonds is 3. The Hall–Kier alpha value is -2.84. The number of aryl methyl sites for hydroxylation is 1. The van der Waals surface area contributed by atoms with Crippen molar-refractivity contribution in [2.24, 2.45) is 0 Å². The minimum Gasteiger partial charge on any atom is -0.368 e. The molecule has 0 radical (unpaired) electrons. The van der Waals surface area contributed by atoms with E-state index in [0.717, 1.165) is 35.4 Å². The molecule has 0 bridgehead atoms. The molecular formula is C22H23ClFN7. The van der Waals surface area contributed by atoms with Gasteiger partial charge in [0.15, 0.2) is 17.3 Å². The number of pyridine rings is 1. The zero-order valence-electron chi connectivity index (χ0n) is 17.3. The van der Waals surface area contributed by atoms with Crippen LogP contribution in [0.15, 0.2) is 30.6 Å². The van der Waals surface area contributed by atoms with E-state index >= 15 is 0 Å². The molecule has 0 unspecified atom stereocenters. The van der Waals surface area contributed by atoms with Gasteiger partial charge < -0.3 is 19.9 Å². The summed E-state index contributed by atoms with van der Waals surface area (Å²) in [7, 11) is 0. The number of hydrogen-bond acceptors (Lipinski definition) is 5. The molecule has 1 aromatic carbocycles. The van der Waals surface area contributed by atoms with Gasteiger partial charge in [0.25, 0.3) is 0 Å². The number of aromatic nitrogens is 4. The summed E-state index contributed by atoms with van der Waals surface area (Å²) in [4.78, 5) is 6.60. The van der Waals surface area contributed by atoms with Gasteiger partial charge in [-0.05, 0) is 38.8 Å². The van der Waals surface area contributed by atoms with Gasteiger partial charge in [-0.2, -0.15) is 5.10 Å². The monoisotopic (exact) mass is 439 g/mol. The number of nitrogens with one attached hydrogen (secondary N) is 3. The van der Waals surface area contributed by atoms with Gasteiger partial charge in [-0.3, -0.25) is 5.10 Å². The number of aromatic amines is 1. The fourth-order valence-corrected chi connectivity index (χ4v) is 5.08. The maximum atomic E-state index is 14.5. The molecule has 1 saturated carbocycles. The third-order valence-corrected chi connectivity index (χ3v) is 6.55. The van der Waals surface area contributed by atoms with Gasteiger partial charge >= 0.3 is 0 Å². The molecule has 3 aromatic heterocycles. The van der Waals surface area contributed by atoms with Crippen LogP contribution in [0.2, 0.25) is 5.02 Å². The highest BCUT2D eigenvalue weighted by Gasteiger charge is 2.47. The highest BCUT2D eigenvalue weighted by Crippen LogP contribution is 2.41. The standard InChI is InChI=1S/C22H23ClFN7/c1-12-8-30-10-14(5-17(24)21(30)25-12)26-20-19-16(23)6-15(7-18(19)28-29-20)31-9-13(2)27-22(11-31)3-4-22/h5-8,10,13,27H,3-4,9,11H2,1-2H3,(H2,26,28,29)/t13-/m0/s1. The lowest BCUT2D eigenvalue weighted by Gasteiger charge is -2.39. The number of imidazole rings is 1. The van der Waals surface area contributed by atoms with Gasteiger partial charge in [0.05, 0.1) is 27.3 Å². The summed E-state index contributed by atoms with van der Waals surface area (Å²) in [5.74, 6) is 0.169. The number of nitrogens with zero attached hydrogens (tertiary/aromatic N) is 4. The first-order valence-corrected chi connectivity index (χ1v) is 10.9. The van der Waals surface area contributed by atoms with Crippen molar-refractivity contribution >= 4 is 45.3 Å². The molecule has 1 spiro atoms. The Morgan fingerprint density at radius 1 is 1.26 bits per heavy atom. The quantitative estimate of drug-likeness (QED) is 0.441. The third kappa shape index (κ3) is 3.21. The number of benzene rings is 1. The summed E-state index contributed by atoms with van der Waals surface area (Å²) in [5, 5.41) is 15.8. The summed E-state index contributed by atoms with van der Waals surface area (Å²) in [6.45, 7) is 5.99. The second-order valence-corrected chi connectivity index (χ2v) is 9.35. The number of fused-ring (bicyclic) bond motifs is 2. The maximum Gasteiger partial charge on any atom is 0.173 e. The van der Waals surface area contributed by atoms with Gasteiger partial charge in [-0.25, -0.2) is 9.37 Å². The molecule has 4 aromatic rings. The van der Waals surface area contributed by atoms with Crippen LogP contribution in [0, 0.1) is 12.7 Å². The van der Waals surface area contributed by atoms with Gasteiger partial charge in [0.1, 0.15) is 0 Å². The van der Waals surface area contributed by atoms with Crippen LogP contribution < -0.4 is 15.5 Å². The SMILES string of the molecule is Cc1cn2cc(Nc3n[nH]c4cc(N5C[C@H](C)NC6(CC6)C5)cc(Cl)c34)cc(F)c2n1. The first-order valence-electron chi connectivity index (χ1n) is 10.5. The molecule has 7 nitrogen and oxygen atoms in total. The normalized spacial score (nSPS) is 20.1. The maximum absolute atomic E-state index is 14.5. The minimum absolute atomic E-state index is 0.258. The van der Waals surface area contributed by atoms with E-state index in [-0.39, 0.29) is 5.54 Å². The summed E-state index contributed by atoms with van der Waals surface area (Å²) < 4.78 is 16.1. The van der Waals surface area contributed by atoms with Crippen LogP contribution >= 0.6 is 11.6 Å². The molecule has 1 atom stereocenters. The number of anilines is 3. The van der Waals surface area contributed by atoms with E-state index in [2.05, 4.69) is 43.7 Å². The Morgan fingerprint density at radius 2 is 2.10 bits per heavy atom. The zero-order valence-corrected chi connectivity index (χ0v) is 18.1. The summed E-state index contributed by atoms with van der Waals surface area (Å²) in [5.41, 5.74) is 3.83. The molecule has 9 heteroatoms. The molecule has 6 rings (SSSR count). The highest BCUT2D eigenvalue weighted by molar-refractivity contribution is 6.36. The second kappa shape index (κ2) is 6.58. The molecule has 0 amide bonds. The fraction of sp³-hybridized carbons (Fsp3) is 0.364. The average Bonchev–Trinajstić information content (AvgIpc) is 3.13. The molecule has 1 aliphatic carbocycles. The fourth-order valence-electron chi connectivity index (χ4n) is 4.78. The third-order valence-electron chi connectivity index (χ3n) is 6.25. The molecule has 2 fully saturated rings. The van der Waals surface area contributed by atoms with Crippen molar-refractivity contribution in [2.45, 2.75) is 38.3 Å². The van der Waals surface area contributed by atoms with Crippen LogP contribution in [0.3, 0.4) is 0 Å². The summed E-state index contributed by atoms with van der Waals surface area (Å²) in [6.07, 6.45) is 6.02. The predicted octanol–water partition coefficient (Wildman–Crippen LogP) is 4.39. The zero-order chi connectivity index (χ0) is 21.3. The van der Waals surface area contributed by atoms with Gasteiger partial charge in [-0.1, -0.05) is 11.6 Å². The molecule has 3 N–H and O–H groups in total. The van der Waals surface area contributed by atoms with Crippen molar-refractivity contribution in [3.05, 3.63) is 47.1 Å². The van der Waals surface area contributed by atoms with E-state index in [0.29, 0.717) is 28.2 Å². The van der Waals surface area contributed by atoms with Crippen LogP contribution in [-0.4, -0.2) is 44.3 Å². The lowest BCUT2D eigenvalue weighted by molar-refractivity contribution is 0.372. The van der Waals surface area contributed by atoms with Crippen LogP contribution in [0.5, 0.6) is 0 Å². The largest absolute Gasteiger partial charge is 0.368 e. The number of hydrogen-bond donors (Lipinski definition) is 3. The second-order valence-electron chi connectivity index (χ2n) is 8.94. The van der Waals surface area contributed by atoms with Crippen molar-refractivity contribution in [3.8, 4) is 0 Å². The Kier molecular flexibility index (Phi) is 4.01. The highest BCUT2D eigenvalue weighted by atomic mass is 35.5. The van der Waals surface area contributed by atoms with Crippen molar-refractivity contribution in [1.29, 1.82) is 0 Å².